The molecule has 0 amide bonds. The van der Waals surface area contributed by atoms with Gasteiger partial charge in [-0.3, -0.25) is 0 Å². The Kier molecular flexibility index (Phi) is 5.59. The summed E-state index contributed by atoms with van der Waals surface area (Å²) in [6.07, 6.45) is 0. The van der Waals surface area contributed by atoms with E-state index < -0.39 is 11.6 Å². The van der Waals surface area contributed by atoms with Crippen molar-refractivity contribution in [2.24, 2.45) is 0 Å². The third-order valence-electron chi connectivity index (χ3n) is 3.58. The van der Waals surface area contributed by atoms with Crippen LogP contribution in [0, 0.1) is 11.6 Å². The van der Waals surface area contributed by atoms with Gasteiger partial charge in [-0.1, -0.05) is 48.5 Å². The Bertz CT molecular complexity index is 787. The van der Waals surface area contributed by atoms with Crippen LogP contribution in [0.1, 0.15) is 11.1 Å². The Labute approximate surface area is 145 Å². The van der Waals surface area contributed by atoms with Crippen molar-refractivity contribution in [3.8, 4) is 5.75 Å². The summed E-state index contributed by atoms with van der Waals surface area (Å²) in [5.41, 5.74) is 8.08. The van der Waals surface area contributed by atoms with Gasteiger partial charge in [0.05, 0.1) is 0 Å². The fourth-order valence-electron chi connectivity index (χ4n) is 2.35. The Hall–Kier alpha value is -2.92. The molecule has 0 aliphatic carbocycles. The Morgan fingerprint density at radius 1 is 0.760 bits per heavy atom. The van der Waals surface area contributed by atoms with Crippen molar-refractivity contribution < 1.29 is 13.5 Å². The normalized spacial score (nSPS) is 10.5. The molecule has 2 N–H and O–H groups in total. The van der Waals surface area contributed by atoms with Gasteiger partial charge in [0, 0.05) is 12.2 Å². The van der Waals surface area contributed by atoms with Crippen molar-refractivity contribution in [2.45, 2.75) is 13.2 Å². The maximum Gasteiger partial charge on any atom is 0.191 e. The number of para-hydroxylation sites is 1. The average molecular weight is 340 g/mol. The number of ether oxygens (including phenoxy) is 1. The third kappa shape index (κ3) is 4.78. The first-order valence-corrected chi connectivity index (χ1v) is 7.91. The standard InChI is InChI=1S/C20H18F2N2O/c21-18-11-16(13-23-24-17-9-5-2-6-10-17)12-19(22)20(18)25-14-15-7-3-1-4-8-15/h1-12,23-24H,13-14H2. The van der Waals surface area contributed by atoms with E-state index in [0.29, 0.717) is 5.56 Å². The fourth-order valence-corrected chi connectivity index (χ4v) is 2.35. The molecule has 3 nitrogen and oxygen atoms in total. The maximum atomic E-state index is 14.2. The zero-order valence-electron chi connectivity index (χ0n) is 13.5. The molecule has 0 unspecified atom stereocenters. The first-order valence-electron chi connectivity index (χ1n) is 7.91. The lowest BCUT2D eigenvalue weighted by atomic mass is 10.2. The molecule has 0 aliphatic heterocycles. The van der Waals surface area contributed by atoms with Gasteiger partial charge in [0.15, 0.2) is 17.4 Å². The second-order valence-corrected chi connectivity index (χ2v) is 5.51. The van der Waals surface area contributed by atoms with Crippen LogP contribution in [0.25, 0.3) is 0 Å². The summed E-state index contributed by atoms with van der Waals surface area (Å²) in [4.78, 5) is 0. The van der Waals surface area contributed by atoms with Crippen LogP contribution in [0.15, 0.2) is 72.8 Å². The number of hydrazine groups is 1. The molecule has 3 aromatic rings. The van der Waals surface area contributed by atoms with Crippen LogP contribution in [-0.4, -0.2) is 0 Å². The minimum absolute atomic E-state index is 0.113. The molecule has 0 atom stereocenters. The minimum atomic E-state index is -0.715. The molecule has 0 saturated heterocycles. The molecule has 0 aromatic heterocycles. The second-order valence-electron chi connectivity index (χ2n) is 5.51. The molecule has 3 rings (SSSR count). The van der Waals surface area contributed by atoms with Crippen molar-refractivity contribution in [3.05, 3.63) is 95.6 Å². The van der Waals surface area contributed by atoms with E-state index in [1.807, 2.05) is 60.7 Å². The number of nitrogens with one attached hydrogen (secondary N) is 2. The lowest BCUT2D eigenvalue weighted by Gasteiger charge is -2.12. The van der Waals surface area contributed by atoms with Crippen molar-refractivity contribution >= 4 is 5.69 Å². The highest BCUT2D eigenvalue weighted by atomic mass is 19.1. The first kappa shape index (κ1) is 16.9. The van der Waals surface area contributed by atoms with Gasteiger partial charge < -0.3 is 10.2 Å². The number of anilines is 1. The molecule has 0 bridgehead atoms. The number of benzene rings is 3. The van der Waals surface area contributed by atoms with Crippen LogP contribution in [-0.2, 0) is 13.2 Å². The van der Waals surface area contributed by atoms with Crippen LogP contribution in [0.3, 0.4) is 0 Å². The van der Waals surface area contributed by atoms with Crippen molar-refractivity contribution in [2.75, 3.05) is 5.43 Å². The van der Waals surface area contributed by atoms with E-state index in [4.69, 9.17) is 4.74 Å². The summed E-state index contributed by atoms with van der Waals surface area (Å²) in [6, 6.07) is 21.2. The SMILES string of the molecule is Fc1cc(CNNc2ccccc2)cc(F)c1OCc1ccccc1. The van der Waals surface area contributed by atoms with E-state index in [-0.39, 0.29) is 18.9 Å². The van der Waals surface area contributed by atoms with Crippen molar-refractivity contribution in [1.29, 1.82) is 0 Å². The molecule has 128 valence electrons. The Balaban J connectivity index is 1.59. The predicted octanol–water partition coefficient (Wildman–Crippen LogP) is 4.66. The molecular weight excluding hydrogens is 322 g/mol. The maximum absolute atomic E-state index is 14.2. The van der Waals surface area contributed by atoms with Crippen LogP contribution in [0.5, 0.6) is 5.75 Å². The first-order chi connectivity index (χ1) is 12.2. The van der Waals surface area contributed by atoms with Gasteiger partial charge in [-0.05, 0) is 35.4 Å². The Morgan fingerprint density at radius 3 is 2.00 bits per heavy atom. The molecule has 0 aliphatic rings. The number of hydrogen-bond acceptors (Lipinski definition) is 3. The van der Waals surface area contributed by atoms with E-state index >= 15 is 0 Å². The number of halogens is 2. The lowest BCUT2D eigenvalue weighted by molar-refractivity contribution is 0.274. The summed E-state index contributed by atoms with van der Waals surface area (Å²) in [5.74, 6) is -1.79. The van der Waals surface area contributed by atoms with Gasteiger partial charge in [-0.2, -0.15) is 0 Å². The van der Waals surface area contributed by atoms with E-state index in [0.717, 1.165) is 11.3 Å². The quantitative estimate of drug-likeness (QED) is 0.614. The molecule has 0 saturated carbocycles. The molecule has 0 fully saturated rings. The van der Waals surface area contributed by atoms with Gasteiger partial charge >= 0.3 is 0 Å². The van der Waals surface area contributed by atoms with E-state index in [2.05, 4.69) is 10.9 Å². The van der Waals surface area contributed by atoms with E-state index in [1.54, 1.807) is 0 Å². The van der Waals surface area contributed by atoms with Gasteiger partial charge in [0.25, 0.3) is 0 Å². The largest absolute Gasteiger partial charge is 0.483 e. The Morgan fingerprint density at radius 2 is 1.36 bits per heavy atom. The highest BCUT2D eigenvalue weighted by Crippen LogP contribution is 2.24. The van der Waals surface area contributed by atoms with E-state index in [9.17, 15) is 8.78 Å². The van der Waals surface area contributed by atoms with Crippen LogP contribution in [0.2, 0.25) is 0 Å². The predicted molar refractivity (Wildman–Crippen MR) is 94.0 cm³/mol. The highest BCUT2D eigenvalue weighted by molar-refractivity contribution is 5.41. The molecule has 5 heteroatoms. The molecule has 0 spiro atoms. The number of rotatable bonds is 7. The summed E-state index contributed by atoms with van der Waals surface area (Å²) >= 11 is 0. The highest BCUT2D eigenvalue weighted by Gasteiger charge is 2.13. The van der Waals surface area contributed by atoms with Crippen LogP contribution in [0.4, 0.5) is 14.5 Å². The van der Waals surface area contributed by atoms with Gasteiger partial charge in [-0.25, -0.2) is 14.2 Å². The van der Waals surface area contributed by atoms with Gasteiger partial charge in [0.2, 0.25) is 0 Å². The fraction of sp³-hybridized carbons (Fsp3) is 0.100. The molecule has 0 radical (unpaired) electrons. The minimum Gasteiger partial charge on any atom is -0.483 e. The van der Waals surface area contributed by atoms with Crippen molar-refractivity contribution in [1.82, 2.24) is 5.43 Å². The molecule has 25 heavy (non-hydrogen) atoms. The molecule has 3 aromatic carbocycles. The summed E-state index contributed by atoms with van der Waals surface area (Å²) in [7, 11) is 0. The zero-order chi connectivity index (χ0) is 17.5. The van der Waals surface area contributed by atoms with Crippen LogP contribution < -0.4 is 15.6 Å². The topological polar surface area (TPSA) is 33.3 Å². The van der Waals surface area contributed by atoms with E-state index in [1.165, 1.54) is 12.1 Å². The molecular formula is C20H18F2N2O. The second kappa shape index (κ2) is 8.26. The molecule has 0 heterocycles. The van der Waals surface area contributed by atoms with Crippen LogP contribution >= 0.6 is 0 Å². The smallest absolute Gasteiger partial charge is 0.191 e. The van der Waals surface area contributed by atoms with Gasteiger partial charge in [0.1, 0.15) is 6.61 Å². The van der Waals surface area contributed by atoms with Gasteiger partial charge in [-0.15, -0.1) is 0 Å². The monoisotopic (exact) mass is 340 g/mol. The number of hydrogen-bond donors (Lipinski definition) is 2. The lowest BCUT2D eigenvalue weighted by Crippen LogP contribution is -2.21. The summed E-state index contributed by atoms with van der Waals surface area (Å²) in [6.45, 7) is 0.379. The van der Waals surface area contributed by atoms with Crippen molar-refractivity contribution in [3.63, 3.8) is 0 Å². The summed E-state index contributed by atoms with van der Waals surface area (Å²) in [5, 5.41) is 0. The zero-order valence-corrected chi connectivity index (χ0v) is 13.5. The average Bonchev–Trinajstić information content (AvgIpc) is 2.63. The third-order valence-corrected chi connectivity index (χ3v) is 3.58. The summed E-state index contributed by atoms with van der Waals surface area (Å²) < 4.78 is 33.6.